The molecule has 3 aromatic rings. The van der Waals surface area contributed by atoms with E-state index in [9.17, 15) is 9.18 Å². The van der Waals surface area contributed by atoms with Crippen LogP contribution < -0.4 is 0 Å². The molecule has 0 radical (unpaired) electrons. The maximum Gasteiger partial charge on any atom is 2.00 e. The fourth-order valence-electron chi connectivity index (χ4n) is 4.33. The molecule has 2 atom stereocenters. The normalized spacial score (nSPS) is 13.3. The molecule has 1 fully saturated rings. The third-order valence-electron chi connectivity index (χ3n) is 7.68. The van der Waals surface area contributed by atoms with E-state index in [4.69, 9.17) is 15.1 Å². The molecule has 0 aliphatic carbocycles. The Labute approximate surface area is 326 Å². The minimum Gasteiger partial charge on any atom is -0.478 e. The third kappa shape index (κ3) is 25.1. The largest absolute Gasteiger partial charge is 2.00 e. The van der Waals surface area contributed by atoms with Gasteiger partial charge in [0.05, 0.1) is 23.4 Å². The average Bonchev–Trinajstić information content (AvgIpc) is 3.08. The molecule has 0 bridgehead atoms. The number of aryl methyl sites for hydroxylation is 1. The van der Waals surface area contributed by atoms with Crippen molar-refractivity contribution in [3.63, 3.8) is 0 Å². The predicted molar refractivity (Wildman–Crippen MR) is 202 cm³/mol. The van der Waals surface area contributed by atoms with Crippen LogP contribution in [-0.4, -0.2) is 34.5 Å². The molecule has 0 saturated carbocycles. The summed E-state index contributed by atoms with van der Waals surface area (Å²) in [6, 6.07) is 16.6. The number of hydrogen-bond donors (Lipinski definition) is 1. The SMILES string of the molecule is CCC(C)CC(C)=Nc1ccc(C(=O)O)cc1C.CCCCCCC.CCCC[C@@H]1CCO1.[CH2-]c1ccc(C#N)cc1F.[U+2].[c-]1ccccn1. The molecule has 2 aromatic carbocycles. The van der Waals surface area contributed by atoms with Crippen LogP contribution in [0.4, 0.5) is 10.1 Å². The zero-order valence-corrected chi connectivity index (χ0v) is 35.8. The van der Waals surface area contributed by atoms with Crippen molar-refractivity contribution >= 4 is 17.4 Å². The number of carboxylic acid groups (broad SMARTS) is 1. The number of nitrogens with zero attached hydrogens (tertiary/aromatic N) is 3. The number of unbranched alkanes of at least 4 members (excludes halogenated alkanes) is 5. The molecule has 1 aliphatic heterocycles. The Morgan fingerprint density at radius 1 is 1.10 bits per heavy atom. The van der Waals surface area contributed by atoms with Gasteiger partial charge in [-0.2, -0.15) is 42.0 Å². The Morgan fingerprint density at radius 3 is 2.16 bits per heavy atom. The Kier molecular flexibility index (Phi) is 31.4. The van der Waals surface area contributed by atoms with Crippen molar-refractivity contribution in [2.45, 2.75) is 125 Å². The van der Waals surface area contributed by atoms with Gasteiger partial charge in [-0.15, -0.1) is 6.07 Å². The van der Waals surface area contributed by atoms with E-state index in [0.717, 1.165) is 36.4 Å². The maximum atomic E-state index is 12.6. The molecule has 50 heavy (non-hydrogen) atoms. The van der Waals surface area contributed by atoms with E-state index >= 15 is 0 Å². The number of carbonyl (C=O) groups is 1. The molecular weight excluding hydrogens is 852 g/mol. The fraction of sp³-hybridized carbons (Fsp3) is 0.500. The smallest absolute Gasteiger partial charge is 0.478 e. The van der Waals surface area contributed by atoms with Crippen LogP contribution in [0.15, 0.2) is 65.8 Å². The van der Waals surface area contributed by atoms with Gasteiger partial charge in [-0.3, -0.25) is 9.38 Å². The minimum atomic E-state index is -0.898. The summed E-state index contributed by atoms with van der Waals surface area (Å²) >= 11 is 0. The van der Waals surface area contributed by atoms with E-state index in [0.29, 0.717) is 28.7 Å². The Bertz CT molecular complexity index is 1330. The molecule has 1 aromatic heterocycles. The van der Waals surface area contributed by atoms with Gasteiger partial charge >= 0.3 is 37.1 Å². The second kappa shape index (κ2) is 32.0. The number of nitriles is 1. The number of hydrogen-bond acceptors (Lipinski definition) is 5. The molecular formula is C42H60FN3O3U. The van der Waals surface area contributed by atoms with Crippen molar-refractivity contribution in [3.05, 3.63) is 102 Å². The monoisotopic (exact) mass is 912 g/mol. The van der Waals surface area contributed by atoms with Gasteiger partial charge in [0.1, 0.15) is 0 Å². The number of carboxylic acids is 1. The van der Waals surface area contributed by atoms with Crippen LogP contribution in [-0.2, 0) is 4.74 Å². The Balaban J connectivity index is 0. The van der Waals surface area contributed by atoms with Crippen molar-refractivity contribution in [1.82, 2.24) is 4.98 Å². The average molecular weight is 912 g/mol. The standard InChI is InChI=1S/C15H21NO2.C8H5FN.C7H14O.C7H16.C5H4N.U/c1-5-10(2)8-12(4)16-14-7-6-13(15(17)18)9-11(14)3;1-6-2-3-7(5-10)4-8(6)9;1-2-3-4-7-5-6-8-7;1-3-5-7-6-4-2;1-2-4-6-5-3-1;/h6-7,9-10H,5,8H2,1-4H3,(H,17,18);2-4H,1H2;7H,2-6H2,1H3;3-7H2,1-2H3;1-4H;/q;-1;;;-1;+2/t;;7-;;;/m..1.../s1. The van der Waals surface area contributed by atoms with E-state index < -0.39 is 11.8 Å². The van der Waals surface area contributed by atoms with Gasteiger partial charge < -0.3 is 14.8 Å². The first-order valence-electron chi connectivity index (χ1n) is 17.8. The zero-order chi connectivity index (χ0) is 36.9. The van der Waals surface area contributed by atoms with E-state index in [-0.39, 0.29) is 31.1 Å². The molecule has 4 rings (SSSR count). The van der Waals surface area contributed by atoms with Crippen LogP contribution >= 0.6 is 0 Å². The molecule has 6 nitrogen and oxygen atoms in total. The molecule has 2 heterocycles. The number of ether oxygens (including phenoxy) is 1. The van der Waals surface area contributed by atoms with Crippen molar-refractivity contribution in [2.75, 3.05) is 6.61 Å². The summed E-state index contributed by atoms with van der Waals surface area (Å²) in [5, 5.41) is 17.2. The summed E-state index contributed by atoms with van der Waals surface area (Å²) in [6.07, 6.45) is 19.3. The molecule has 0 amide bonds. The molecule has 272 valence electrons. The first-order chi connectivity index (χ1) is 23.5. The Morgan fingerprint density at radius 2 is 1.76 bits per heavy atom. The second-order valence-electron chi connectivity index (χ2n) is 12.2. The van der Waals surface area contributed by atoms with E-state index in [1.165, 1.54) is 76.0 Å². The summed E-state index contributed by atoms with van der Waals surface area (Å²) in [5.41, 5.74) is 3.81. The van der Waals surface area contributed by atoms with Crippen molar-refractivity contribution < 1.29 is 50.1 Å². The summed E-state index contributed by atoms with van der Waals surface area (Å²) in [4.78, 5) is 19.1. The summed E-state index contributed by atoms with van der Waals surface area (Å²) in [7, 11) is 0. The van der Waals surface area contributed by atoms with E-state index in [2.05, 4.69) is 57.7 Å². The zero-order valence-electron chi connectivity index (χ0n) is 31.6. The second-order valence-corrected chi connectivity index (χ2v) is 12.2. The predicted octanol–water partition coefficient (Wildman–Crippen LogP) is 11.9. The van der Waals surface area contributed by atoms with Gasteiger partial charge in [0.2, 0.25) is 0 Å². The van der Waals surface area contributed by atoms with E-state index in [1.807, 2.05) is 32.0 Å². The molecule has 8 heteroatoms. The number of halogens is 1. The van der Waals surface area contributed by atoms with Gasteiger partial charge in [0.25, 0.3) is 0 Å². The summed E-state index contributed by atoms with van der Waals surface area (Å²) in [5.74, 6) is -0.698. The third-order valence-corrected chi connectivity index (χ3v) is 7.68. The minimum absolute atomic E-state index is 0. The van der Waals surface area contributed by atoms with Gasteiger partial charge in [-0.1, -0.05) is 104 Å². The number of pyridine rings is 1. The number of rotatable bonds is 12. The van der Waals surface area contributed by atoms with Gasteiger partial charge in [0, 0.05) is 23.7 Å². The topological polar surface area (TPSA) is 95.6 Å². The van der Waals surface area contributed by atoms with Gasteiger partial charge in [0.15, 0.2) is 0 Å². The number of benzene rings is 2. The van der Waals surface area contributed by atoms with Crippen LogP contribution in [0.2, 0.25) is 0 Å². The fourth-order valence-corrected chi connectivity index (χ4v) is 4.33. The number of aliphatic imine (C=N–C) groups is 1. The van der Waals surface area contributed by atoms with Crippen molar-refractivity contribution in [1.29, 1.82) is 5.26 Å². The van der Waals surface area contributed by atoms with Crippen LogP contribution in [0.25, 0.3) is 0 Å². The summed E-state index contributed by atoms with van der Waals surface area (Å²) in [6.45, 7) is 19.4. The Hall–Kier alpha value is -2.97. The van der Waals surface area contributed by atoms with Crippen LogP contribution in [0, 0.1) is 74.2 Å². The van der Waals surface area contributed by atoms with Gasteiger partial charge in [-0.25, -0.2) is 4.79 Å². The van der Waals surface area contributed by atoms with Crippen molar-refractivity contribution in [2.24, 2.45) is 10.9 Å². The van der Waals surface area contributed by atoms with Crippen LogP contribution in [0.3, 0.4) is 0 Å². The first-order valence-corrected chi connectivity index (χ1v) is 17.8. The first kappa shape index (κ1) is 49.1. The van der Waals surface area contributed by atoms with Crippen LogP contribution in [0.5, 0.6) is 0 Å². The van der Waals surface area contributed by atoms with Gasteiger partial charge in [-0.05, 0) is 62.8 Å². The summed E-state index contributed by atoms with van der Waals surface area (Å²) < 4.78 is 17.8. The van der Waals surface area contributed by atoms with Crippen LogP contribution in [0.1, 0.15) is 139 Å². The molecule has 1 N–H and O–H groups in total. The maximum absolute atomic E-state index is 12.6. The molecule has 1 unspecified atom stereocenters. The molecule has 1 saturated heterocycles. The van der Waals surface area contributed by atoms with Crippen molar-refractivity contribution in [3.8, 4) is 6.07 Å². The quantitative estimate of drug-likeness (QED) is 0.111. The molecule has 1 aliphatic rings. The number of aromatic carboxylic acids is 1. The number of aromatic nitrogens is 1. The molecule has 0 spiro atoms. The van der Waals surface area contributed by atoms with E-state index in [1.54, 1.807) is 30.5 Å².